The number of para-hydroxylation sites is 2. The van der Waals surface area contributed by atoms with E-state index in [1.165, 1.54) is 0 Å². The van der Waals surface area contributed by atoms with E-state index >= 15 is 0 Å². The molecule has 0 bridgehead atoms. The van der Waals surface area contributed by atoms with Gasteiger partial charge in [0.1, 0.15) is 0 Å². The second kappa shape index (κ2) is 8.59. The number of methoxy groups -OCH3 is 2. The molecule has 0 fully saturated rings. The summed E-state index contributed by atoms with van der Waals surface area (Å²) < 4.78 is 13.1. The van der Waals surface area contributed by atoms with Crippen LogP contribution in [0.2, 0.25) is 0 Å². The molecule has 1 aromatic heterocycles. The highest BCUT2D eigenvalue weighted by atomic mass is 16.5. The topological polar surface area (TPSA) is 77.4 Å². The van der Waals surface area contributed by atoms with Crippen molar-refractivity contribution in [3.05, 3.63) is 89.1 Å². The Morgan fingerprint density at radius 1 is 0.971 bits per heavy atom. The Hall–Kier alpha value is -4.26. The van der Waals surface area contributed by atoms with Gasteiger partial charge in [0.05, 0.1) is 36.9 Å². The fourth-order valence-electron chi connectivity index (χ4n) is 4.43. The van der Waals surface area contributed by atoms with Crippen LogP contribution in [0.1, 0.15) is 24.1 Å². The van der Waals surface area contributed by atoms with Crippen molar-refractivity contribution in [2.45, 2.75) is 19.9 Å². The zero-order chi connectivity index (χ0) is 23.8. The lowest BCUT2D eigenvalue weighted by Crippen LogP contribution is -2.31. The van der Waals surface area contributed by atoms with Crippen LogP contribution in [0.25, 0.3) is 11.0 Å². The molecule has 34 heavy (non-hydrogen) atoms. The van der Waals surface area contributed by atoms with E-state index in [1.54, 1.807) is 14.2 Å². The third-order valence-corrected chi connectivity index (χ3v) is 6.11. The number of nitrogens with zero attached hydrogens (tertiary/aromatic N) is 2. The van der Waals surface area contributed by atoms with Crippen molar-refractivity contribution in [3.63, 3.8) is 0 Å². The van der Waals surface area contributed by atoms with E-state index in [0.29, 0.717) is 23.0 Å². The number of aryl methyl sites for hydroxylation is 1. The molecule has 7 heteroatoms. The average Bonchev–Trinajstić information content (AvgIpc) is 3.21. The summed E-state index contributed by atoms with van der Waals surface area (Å²) in [7, 11) is 3.21. The number of hydrogen-bond acceptors (Lipinski definition) is 5. The Morgan fingerprint density at radius 3 is 2.44 bits per heavy atom. The minimum absolute atomic E-state index is 0.183. The van der Waals surface area contributed by atoms with Crippen molar-refractivity contribution >= 4 is 28.6 Å². The van der Waals surface area contributed by atoms with Gasteiger partial charge in [0.25, 0.3) is 5.91 Å². The lowest BCUT2D eigenvalue weighted by atomic mass is 9.94. The number of carbonyl (C=O) groups excluding carboxylic acids is 1. The summed E-state index contributed by atoms with van der Waals surface area (Å²) in [5.41, 5.74) is 5.88. The number of carbonyl (C=O) groups is 1. The molecule has 1 atom stereocenters. The minimum Gasteiger partial charge on any atom is -0.493 e. The van der Waals surface area contributed by atoms with Crippen molar-refractivity contribution in [2.75, 3.05) is 24.9 Å². The fraction of sp³-hybridized carbons (Fsp3) is 0.185. The molecule has 1 aliphatic heterocycles. The maximum atomic E-state index is 13.7. The molecule has 2 N–H and O–H groups in total. The highest BCUT2D eigenvalue weighted by Crippen LogP contribution is 2.41. The Balaban J connectivity index is 1.67. The van der Waals surface area contributed by atoms with Gasteiger partial charge in [-0.25, -0.2) is 4.98 Å². The standard InChI is InChI=1S/C27H26N4O3/c1-16-9-12-19(13-10-16)29-26(32)24-17(2)28-27-30-20-7-5-6-8-21(20)31(27)25(24)18-11-14-22(33-3)23(15-18)34-4/h5-15,25H,1-4H3,(H,28,30)(H,29,32)/t25-/m1/s1. The maximum absolute atomic E-state index is 13.7. The molecule has 172 valence electrons. The van der Waals surface area contributed by atoms with Crippen molar-refractivity contribution in [1.29, 1.82) is 0 Å². The molecule has 1 aliphatic rings. The highest BCUT2D eigenvalue weighted by molar-refractivity contribution is 6.06. The van der Waals surface area contributed by atoms with Crippen molar-refractivity contribution in [2.24, 2.45) is 0 Å². The van der Waals surface area contributed by atoms with Crippen LogP contribution in [0.5, 0.6) is 11.5 Å². The molecule has 0 unspecified atom stereocenters. The molecule has 0 spiro atoms. The maximum Gasteiger partial charge on any atom is 0.255 e. The molecule has 4 aromatic rings. The molecule has 0 radical (unpaired) electrons. The summed E-state index contributed by atoms with van der Waals surface area (Å²) >= 11 is 0. The number of rotatable bonds is 5. The predicted molar refractivity (Wildman–Crippen MR) is 134 cm³/mol. The van der Waals surface area contributed by atoms with Crippen LogP contribution in [0, 0.1) is 6.92 Å². The first-order chi connectivity index (χ1) is 16.5. The monoisotopic (exact) mass is 454 g/mol. The second-order valence-electron chi connectivity index (χ2n) is 8.29. The smallest absolute Gasteiger partial charge is 0.255 e. The molecule has 3 aromatic carbocycles. The molecule has 1 amide bonds. The first kappa shape index (κ1) is 21.6. The van der Waals surface area contributed by atoms with E-state index in [1.807, 2.05) is 80.6 Å². The SMILES string of the molecule is COc1ccc([C@@H]2C(C(=O)Nc3ccc(C)cc3)=C(C)Nc3nc4ccccc4n32)cc1OC. The second-order valence-corrected chi connectivity index (χ2v) is 8.29. The van der Waals surface area contributed by atoms with Crippen LogP contribution in [-0.2, 0) is 4.79 Å². The lowest BCUT2D eigenvalue weighted by Gasteiger charge is -2.31. The molecule has 0 aliphatic carbocycles. The van der Waals surface area contributed by atoms with Crippen LogP contribution in [0.3, 0.4) is 0 Å². The van der Waals surface area contributed by atoms with E-state index in [-0.39, 0.29) is 5.91 Å². The first-order valence-corrected chi connectivity index (χ1v) is 11.0. The normalized spacial score (nSPS) is 15.0. The van der Waals surface area contributed by atoms with Crippen molar-refractivity contribution in [3.8, 4) is 11.5 Å². The molecule has 0 saturated heterocycles. The molecule has 2 heterocycles. The Labute approximate surface area is 198 Å². The van der Waals surface area contributed by atoms with Gasteiger partial charge in [0.15, 0.2) is 11.5 Å². The van der Waals surface area contributed by atoms with Gasteiger partial charge in [0, 0.05) is 11.4 Å². The van der Waals surface area contributed by atoms with E-state index in [9.17, 15) is 4.79 Å². The number of imidazole rings is 1. The number of anilines is 2. The van der Waals surface area contributed by atoms with E-state index in [4.69, 9.17) is 14.5 Å². The zero-order valence-corrected chi connectivity index (χ0v) is 19.5. The third kappa shape index (κ3) is 3.65. The van der Waals surface area contributed by atoms with Crippen LogP contribution < -0.4 is 20.1 Å². The first-order valence-electron chi connectivity index (χ1n) is 11.0. The number of amides is 1. The van der Waals surface area contributed by atoms with E-state index in [0.717, 1.165) is 33.5 Å². The van der Waals surface area contributed by atoms with E-state index < -0.39 is 6.04 Å². The van der Waals surface area contributed by atoms with Gasteiger partial charge in [-0.05, 0) is 55.8 Å². The largest absolute Gasteiger partial charge is 0.493 e. The molecule has 0 saturated carbocycles. The zero-order valence-electron chi connectivity index (χ0n) is 19.5. The quantitative estimate of drug-likeness (QED) is 0.429. The van der Waals surface area contributed by atoms with Gasteiger partial charge < -0.3 is 20.1 Å². The van der Waals surface area contributed by atoms with Gasteiger partial charge in [-0.1, -0.05) is 35.9 Å². The van der Waals surface area contributed by atoms with Gasteiger partial charge >= 0.3 is 0 Å². The summed E-state index contributed by atoms with van der Waals surface area (Å²) in [6.07, 6.45) is 0. The van der Waals surface area contributed by atoms with Crippen molar-refractivity contribution < 1.29 is 14.3 Å². The number of aromatic nitrogens is 2. The summed E-state index contributed by atoms with van der Waals surface area (Å²) in [6.45, 7) is 3.92. The number of benzene rings is 3. The van der Waals surface area contributed by atoms with Crippen LogP contribution in [0.15, 0.2) is 78.0 Å². The van der Waals surface area contributed by atoms with Gasteiger partial charge in [-0.3, -0.25) is 9.36 Å². The third-order valence-electron chi connectivity index (χ3n) is 6.11. The van der Waals surface area contributed by atoms with Crippen LogP contribution in [-0.4, -0.2) is 29.7 Å². The van der Waals surface area contributed by atoms with Gasteiger partial charge in [0.2, 0.25) is 5.95 Å². The molecule has 7 nitrogen and oxygen atoms in total. The molecular weight excluding hydrogens is 428 g/mol. The van der Waals surface area contributed by atoms with Gasteiger partial charge in [-0.2, -0.15) is 0 Å². The number of allylic oxidation sites excluding steroid dienone is 1. The molecular formula is C27H26N4O3. The highest BCUT2D eigenvalue weighted by Gasteiger charge is 2.34. The van der Waals surface area contributed by atoms with Crippen LogP contribution >= 0.6 is 0 Å². The van der Waals surface area contributed by atoms with Gasteiger partial charge in [-0.15, -0.1) is 0 Å². The number of nitrogens with one attached hydrogen (secondary N) is 2. The Kier molecular flexibility index (Phi) is 5.45. The lowest BCUT2D eigenvalue weighted by molar-refractivity contribution is -0.113. The number of ether oxygens (including phenoxy) is 2. The van der Waals surface area contributed by atoms with Crippen LogP contribution in [0.4, 0.5) is 11.6 Å². The molecule has 5 rings (SSSR count). The number of hydrogen-bond donors (Lipinski definition) is 2. The van der Waals surface area contributed by atoms with Crippen molar-refractivity contribution in [1.82, 2.24) is 9.55 Å². The number of fused-ring (bicyclic) bond motifs is 3. The average molecular weight is 455 g/mol. The Bertz CT molecular complexity index is 1420. The summed E-state index contributed by atoms with van der Waals surface area (Å²) in [5, 5.41) is 6.41. The fourth-order valence-corrected chi connectivity index (χ4v) is 4.43. The van der Waals surface area contributed by atoms with E-state index in [2.05, 4.69) is 15.2 Å². The Morgan fingerprint density at radius 2 is 1.71 bits per heavy atom. The summed E-state index contributed by atoms with van der Waals surface area (Å²) in [5.74, 6) is 1.73. The summed E-state index contributed by atoms with van der Waals surface area (Å²) in [6, 6.07) is 21.0. The predicted octanol–water partition coefficient (Wildman–Crippen LogP) is 5.29. The summed E-state index contributed by atoms with van der Waals surface area (Å²) in [4.78, 5) is 18.5. The minimum atomic E-state index is -0.422.